The number of carboxylic acid groups (broad SMARTS) is 1. The fraction of sp³-hybridized carbons (Fsp3) is 0.250. The van der Waals surface area contributed by atoms with Gasteiger partial charge in [0.2, 0.25) is 0 Å². The van der Waals surface area contributed by atoms with E-state index in [-0.39, 0.29) is 12.2 Å². The van der Waals surface area contributed by atoms with E-state index in [0.29, 0.717) is 17.8 Å². The molecule has 0 radical (unpaired) electrons. The summed E-state index contributed by atoms with van der Waals surface area (Å²) in [6.07, 6.45) is 0. The smallest absolute Gasteiger partial charge is 0.341 e. The molecule has 0 unspecified atom stereocenters. The lowest BCUT2D eigenvalue weighted by Crippen LogP contribution is -2.29. The van der Waals surface area contributed by atoms with E-state index in [1.807, 2.05) is 12.1 Å². The monoisotopic (exact) mass is 287 g/mol. The van der Waals surface area contributed by atoms with Crippen molar-refractivity contribution in [3.63, 3.8) is 0 Å². The molecule has 0 saturated carbocycles. The van der Waals surface area contributed by atoms with Crippen LogP contribution < -0.4 is 5.56 Å². The molecule has 0 fully saturated rings. The number of hydrogen-bond acceptors (Lipinski definition) is 3. The predicted octanol–water partition coefficient (Wildman–Crippen LogP) is 1.70. The molecule has 0 aliphatic carbocycles. The average Bonchev–Trinajstić information content (AvgIpc) is 2.43. The number of aromatic nitrogens is 1. The third kappa shape index (κ3) is 3.03. The molecule has 0 amide bonds. The van der Waals surface area contributed by atoms with Crippen LogP contribution in [-0.2, 0) is 13.2 Å². The summed E-state index contributed by atoms with van der Waals surface area (Å²) in [4.78, 5) is 23.5. The Morgan fingerprint density at radius 1 is 1.14 bits per heavy atom. The molecule has 110 valence electrons. The van der Waals surface area contributed by atoms with E-state index in [4.69, 9.17) is 10.2 Å². The van der Waals surface area contributed by atoms with E-state index >= 15 is 0 Å². The summed E-state index contributed by atoms with van der Waals surface area (Å²) in [5.41, 5.74) is 2.17. The molecule has 0 bridgehead atoms. The number of benzene rings is 1. The number of carboxylic acids is 1. The van der Waals surface area contributed by atoms with Crippen molar-refractivity contribution in [2.75, 3.05) is 0 Å². The number of rotatable bonds is 4. The Hall–Kier alpha value is -2.40. The van der Waals surface area contributed by atoms with Gasteiger partial charge in [-0.3, -0.25) is 4.79 Å². The number of pyridine rings is 1. The fourth-order valence-corrected chi connectivity index (χ4v) is 2.32. The highest BCUT2D eigenvalue weighted by molar-refractivity contribution is 5.88. The Morgan fingerprint density at radius 3 is 2.24 bits per heavy atom. The van der Waals surface area contributed by atoms with Gasteiger partial charge in [0.05, 0.1) is 13.2 Å². The van der Waals surface area contributed by atoms with Crippen molar-refractivity contribution in [3.8, 4) is 0 Å². The molecule has 1 aromatic heterocycles. The number of aliphatic hydroxyl groups is 1. The summed E-state index contributed by atoms with van der Waals surface area (Å²) >= 11 is 0. The third-order valence-corrected chi connectivity index (χ3v) is 3.46. The van der Waals surface area contributed by atoms with Crippen LogP contribution in [0.1, 0.15) is 32.7 Å². The molecular formula is C16H17NO4. The first-order valence-corrected chi connectivity index (χ1v) is 6.57. The van der Waals surface area contributed by atoms with Crippen LogP contribution in [0.4, 0.5) is 0 Å². The molecule has 0 atom stereocenters. The maximum Gasteiger partial charge on any atom is 0.341 e. The highest BCUT2D eigenvalue weighted by Crippen LogP contribution is 2.10. The quantitative estimate of drug-likeness (QED) is 0.897. The van der Waals surface area contributed by atoms with E-state index in [2.05, 4.69) is 0 Å². The molecule has 0 aliphatic heterocycles. The second kappa shape index (κ2) is 5.93. The number of aromatic carboxylic acids is 1. The van der Waals surface area contributed by atoms with Gasteiger partial charge < -0.3 is 14.8 Å². The number of hydrogen-bond donors (Lipinski definition) is 2. The third-order valence-electron chi connectivity index (χ3n) is 3.46. The van der Waals surface area contributed by atoms with Gasteiger partial charge in [-0.05, 0) is 36.6 Å². The van der Waals surface area contributed by atoms with E-state index in [9.17, 15) is 9.59 Å². The van der Waals surface area contributed by atoms with Crippen LogP contribution in [0.5, 0.6) is 0 Å². The molecule has 2 N–H and O–H groups in total. The Labute approximate surface area is 122 Å². The second-order valence-electron chi connectivity index (χ2n) is 5.01. The first-order chi connectivity index (χ1) is 9.93. The molecule has 0 saturated heterocycles. The van der Waals surface area contributed by atoms with Gasteiger partial charge >= 0.3 is 5.97 Å². The normalized spacial score (nSPS) is 10.6. The highest BCUT2D eigenvalue weighted by Gasteiger charge is 2.16. The molecule has 0 aliphatic rings. The summed E-state index contributed by atoms with van der Waals surface area (Å²) in [7, 11) is 0. The number of nitrogens with zero attached hydrogens (tertiary/aromatic N) is 1. The van der Waals surface area contributed by atoms with Crippen molar-refractivity contribution < 1.29 is 15.0 Å². The molecule has 1 heterocycles. The van der Waals surface area contributed by atoms with Crippen molar-refractivity contribution in [1.29, 1.82) is 0 Å². The summed E-state index contributed by atoms with van der Waals surface area (Å²) in [6.45, 7) is 3.67. The lowest BCUT2D eigenvalue weighted by molar-refractivity contribution is 0.0693. The zero-order chi connectivity index (χ0) is 15.6. The molecule has 2 aromatic rings. The first-order valence-electron chi connectivity index (χ1n) is 6.57. The van der Waals surface area contributed by atoms with Crippen LogP contribution in [0.25, 0.3) is 0 Å². The lowest BCUT2D eigenvalue weighted by Gasteiger charge is -2.13. The van der Waals surface area contributed by atoms with Crippen molar-refractivity contribution >= 4 is 5.97 Å². The number of carbonyl (C=O) groups is 1. The van der Waals surface area contributed by atoms with Gasteiger partial charge in [0.15, 0.2) is 0 Å². The van der Waals surface area contributed by atoms with Crippen LogP contribution in [0.15, 0.2) is 35.1 Å². The average molecular weight is 287 g/mol. The summed E-state index contributed by atoms with van der Waals surface area (Å²) in [6, 6.07) is 8.90. The molecule has 21 heavy (non-hydrogen) atoms. The van der Waals surface area contributed by atoms with E-state index in [0.717, 1.165) is 11.1 Å². The minimum Gasteiger partial charge on any atom is -0.477 e. The maximum atomic E-state index is 12.3. The SMILES string of the molecule is Cc1cc(C)n(Cc2ccc(CO)cc2)c(=O)c1C(=O)O. The van der Waals surface area contributed by atoms with Crippen molar-refractivity contribution in [2.45, 2.75) is 27.0 Å². The van der Waals surface area contributed by atoms with Gasteiger partial charge in [-0.1, -0.05) is 24.3 Å². The Kier molecular flexibility index (Phi) is 4.23. The largest absolute Gasteiger partial charge is 0.477 e. The van der Waals surface area contributed by atoms with E-state index < -0.39 is 11.5 Å². The van der Waals surface area contributed by atoms with Crippen LogP contribution in [0.2, 0.25) is 0 Å². The second-order valence-corrected chi connectivity index (χ2v) is 5.01. The Bertz CT molecular complexity index is 729. The van der Waals surface area contributed by atoms with Crippen LogP contribution in [-0.4, -0.2) is 20.7 Å². The van der Waals surface area contributed by atoms with Crippen molar-refractivity contribution in [3.05, 3.63) is 68.6 Å². The van der Waals surface area contributed by atoms with Crippen LogP contribution in [0.3, 0.4) is 0 Å². The van der Waals surface area contributed by atoms with Crippen LogP contribution in [0, 0.1) is 13.8 Å². The number of aliphatic hydroxyl groups excluding tert-OH is 1. The lowest BCUT2D eigenvalue weighted by atomic mass is 10.1. The van der Waals surface area contributed by atoms with E-state index in [1.54, 1.807) is 32.0 Å². The summed E-state index contributed by atoms with van der Waals surface area (Å²) in [5, 5.41) is 18.2. The first kappa shape index (κ1) is 15.0. The Balaban J connectivity index is 2.46. The summed E-state index contributed by atoms with van der Waals surface area (Å²) < 4.78 is 1.45. The molecule has 5 nitrogen and oxygen atoms in total. The van der Waals surface area contributed by atoms with Crippen molar-refractivity contribution in [2.24, 2.45) is 0 Å². The molecule has 0 spiro atoms. The zero-order valence-corrected chi connectivity index (χ0v) is 12.0. The van der Waals surface area contributed by atoms with E-state index in [1.165, 1.54) is 4.57 Å². The number of aryl methyl sites for hydroxylation is 2. The predicted molar refractivity (Wildman–Crippen MR) is 78.6 cm³/mol. The molecule has 2 rings (SSSR count). The maximum absolute atomic E-state index is 12.3. The minimum atomic E-state index is -1.21. The van der Waals surface area contributed by atoms with Crippen LogP contribution >= 0.6 is 0 Å². The van der Waals surface area contributed by atoms with Gasteiger partial charge in [-0.15, -0.1) is 0 Å². The topological polar surface area (TPSA) is 79.5 Å². The Morgan fingerprint density at radius 2 is 1.71 bits per heavy atom. The van der Waals surface area contributed by atoms with Gasteiger partial charge in [0.1, 0.15) is 5.56 Å². The fourth-order valence-electron chi connectivity index (χ4n) is 2.32. The van der Waals surface area contributed by atoms with Gasteiger partial charge in [-0.25, -0.2) is 4.79 Å². The minimum absolute atomic E-state index is 0.0348. The molecule has 1 aromatic carbocycles. The highest BCUT2D eigenvalue weighted by atomic mass is 16.4. The summed E-state index contributed by atoms with van der Waals surface area (Å²) in [5.74, 6) is -1.21. The standard InChI is InChI=1S/C16H17NO4/c1-10-7-11(2)17(15(19)14(10)16(20)21)8-12-3-5-13(9-18)6-4-12/h3-7,18H,8-9H2,1-2H3,(H,20,21). The van der Waals surface area contributed by atoms with Gasteiger partial charge in [-0.2, -0.15) is 0 Å². The molecular weight excluding hydrogens is 270 g/mol. The zero-order valence-electron chi connectivity index (χ0n) is 12.0. The van der Waals surface area contributed by atoms with Crippen molar-refractivity contribution in [1.82, 2.24) is 4.57 Å². The van der Waals surface area contributed by atoms with Gasteiger partial charge in [0, 0.05) is 5.69 Å². The molecule has 5 heteroatoms. The van der Waals surface area contributed by atoms with Gasteiger partial charge in [0.25, 0.3) is 5.56 Å².